The molecule has 1 aromatic heterocycles. The molecule has 0 bridgehead atoms. The highest BCUT2D eigenvalue weighted by Gasteiger charge is 2.33. The Hall–Kier alpha value is -3.32. The van der Waals surface area contributed by atoms with Gasteiger partial charge in [0.2, 0.25) is 5.91 Å². The number of H-pyrrole nitrogens is 1. The second kappa shape index (κ2) is 9.27. The highest BCUT2D eigenvalue weighted by molar-refractivity contribution is 5.79. The van der Waals surface area contributed by atoms with Crippen LogP contribution in [0, 0.1) is 5.82 Å². The Morgan fingerprint density at radius 1 is 1.09 bits per heavy atom. The first kappa shape index (κ1) is 21.5. The van der Waals surface area contributed by atoms with Crippen LogP contribution in [-0.4, -0.2) is 38.8 Å². The van der Waals surface area contributed by atoms with Gasteiger partial charge in [0.05, 0.1) is 23.7 Å². The average molecular weight is 447 g/mol. The molecule has 0 radical (unpaired) electrons. The Labute approximate surface area is 192 Å². The molecule has 6 nitrogen and oxygen atoms in total. The van der Waals surface area contributed by atoms with Crippen molar-refractivity contribution in [1.82, 2.24) is 19.8 Å². The van der Waals surface area contributed by atoms with Crippen molar-refractivity contribution in [2.45, 2.75) is 44.8 Å². The molecule has 3 heterocycles. The van der Waals surface area contributed by atoms with Crippen LogP contribution in [0.3, 0.4) is 0 Å². The number of aromatic nitrogens is 2. The van der Waals surface area contributed by atoms with Gasteiger partial charge in [-0.1, -0.05) is 48.5 Å². The summed E-state index contributed by atoms with van der Waals surface area (Å²) in [5, 5.41) is 0. The van der Waals surface area contributed by atoms with Gasteiger partial charge in [-0.3, -0.25) is 14.5 Å². The Balaban J connectivity index is 1.33. The Kier molecular flexibility index (Phi) is 6.05. The first-order valence-corrected chi connectivity index (χ1v) is 11.5. The molecule has 1 fully saturated rings. The van der Waals surface area contributed by atoms with Gasteiger partial charge in [-0.15, -0.1) is 0 Å². The number of nitrogens with zero attached hydrogens (tertiary/aromatic N) is 3. The van der Waals surface area contributed by atoms with Crippen molar-refractivity contribution in [3.8, 4) is 0 Å². The van der Waals surface area contributed by atoms with Crippen molar-refractivity contribution in [2.24, 2.45) is 0 Å². The van der Waals surface area contributed by atoms with E-state index in [1.165, 1.54) is 6.07 Å². The van der Waals surface area contributed by atoms with Crippen molar-refractivity contribution in [1.29, 1.82) is 0 Å². The van der Waals surface area contributed by atoms with E-state index in [4.69, 9.17) is 4.98 Å². The second-order valence-electron chi connectivity index (χ2n) is 8.84. The van der Waals surface area contributed by atoms with E-state index in [1.54, 1.807) is 12.1 Å². The van der Waals surface area contributed by atoms with E-state index in [9.17, 15) is 14.0 Å². The fourth-order valence-electron chi connectivity index (χ4n) is 4.88. The third-order valence-electron chi connectivity index (χ3n) is 6.60. The summed E-state index contributed by atoms with van der Waals surface area (Å²) in [4.78, 5) is 37.6. The smallest absolute Gasteiger partial charge is 0.255 e. The third kappa shape index (κ3) is 4.59. The monoisotopic (exact) mass is 446 g/mol. The van der Waals surface area contributed by atoms with Gasteiger partial charge in [0.25, 0.3) is 5.56 Å². The average Bonchev–Trinajstić information content (AvgIpc) is 3.32. The zero-order valence-corrected chi connectivity index (χ0v) is 18.5. The number of rotatable bonds is 5. The van der Waals surface area contributed by atoms with Crippen LogP contribution in [-0.2, 0) is 30.7 Å². The minimum Gasteiger partial charge on any atom is -0.332 e. The van der Waals surface area contributed by atoms with Crippen LogP contribution in [0.4, 0.5) is 4.39 Å². The Bertz CT molecular complexity index is 1210. The number of amides is 1. The molecule has 1 unspecified atom stereocenters. The fraction of sp³-hybridized carbons (Fsp3) is 0.346. The maximum absolute atomic E-state index is 14.0. The fourth-order valence-corrected chi connectivity index (χ4v) is 4.88. The molecule has 170 valence electrons. The summed E-state index contributed by atoms with van der Waals surface area (Å²) in [6.07, 6.45) is 2.66. The summed E-state index contributed by atoms with van der Waals surface area (Å²) in [5.41, 5.74) is 2.88. The molecule has 1 atom stereocenters. The molecule has 1 saturated heterocycles. The molecule has 2 aliphatic heterocycles. The van der Waals surface area contributed by atoms with Crippen LogP contribution < -0.4 is 5.56 Å². The first-order chi connectivity index (χ1) is 16.1. The van der Waals surface area contributed by atoms with Crippen LogP contribution in [0.1, 0.15) is 47.1 Å². The van der Waals surface area contributed by atoms with E-state index in [-0.39, 0.29) is 23.3 Å². The van der Waals surface area contributed by atoms with Gasteiger partial charge in [0.1, 0.15) is 11.6 Å². The number of benzene rings is 2. The number of fused-ring (bicyclic) bond motifs is 1. The van der Waals surface area contributed by atoms with E-state index in [1.807, 2.05) is 41.3 Å². The molecule has 1 amide bonds. The predicted octanol–water partition coefficient (Wildman–Crippen LogP) is 3.37. The number of hydrogen-bond donors (Lipinski definition) is 1. The Morgan fingerprint density at radius 2 is 1.88 bits per heavy atom. The summed E-state index contributed by atoms with van der Waals surface area (Å²) < 4.78 is 14.0. The molecule has 0 saturated carbocycles. The molecule has 3 aromatic rings. The van der Waals surface area contributed by atoms with Crippen LogP contribution in [0.5, 0.6) is 0 Å². The van der Waals surface area contributed by atoms with E-state index in [0.29, 0.717) is 56.0 Å². The summed E-state index contributed by atoms with van der Waals surface area (Å²) in [5.74, 6) is 0.410. The predicted molar refractivity (Wildman–Crippen MR) is 123 cm³/mol. The number of likely N-dealkylation sites (tertiary alicyclic amines) is 1. The molecule has 7 heteroatoms. The lowest BCUT2D eigenvalue weighted by atomic mass is 10.0. The van der Waals surface area contributed by atoms with Crippen molar-refractivity contribution in [3.05, 3.63) is 99.0 Å². The van der Waals surface area contributed by atoms with Gasteiger partial charge in [0.15, 0.2) is 0 Å². The van der Waals surface area contributed by atoms with Gasteiger partial charge in [-0.05, 0) is 24.5 Å². The summed E-state index contributed by atoms with van der Waals surface area (Å²) >= 11 is 0. The number of carbonyl (C=O) groups excluding carboxylic acids is 1. The molecule has 0 spiro atoms. The molecule has 2 aromatic carbocycles. The summed E-state index contributed by atoms with van der Waals surface area (Å²) in [6.45, 7) is 2.28. The van der Waals surface area contributed by atoms with Gasteiger partial charge in [-0.25, -0.2) is 9.37 Å². The SMILES string of the molecule is O=C(Cc1ccccc1)N1CCCC1c1nc2c(c(=O)[nH]1)CN(Cc1ccccc1F)CC2. The van der Waals surface area contributed by atoms with Crippen LogP contribution in [0.2, 0.25) is 0 Å². The molecular formula is C26H27FN4O2. The van der Waals surface area contributed by atoms with E-state index >= 15 is 0 Å². The molecule has 33 heavy (non-hydrogen) atoms. The van der Waals surface area contributed by atoms with Crippen LogP contribution in [0.25, 0.3) is 0 Å². The van der Waals surface area contributed by atoms with E-state index < -0.39 is 0 Å². The van der Waals surface area contributed by atoms with Crippen molar-refractivity contribution >= 4 is 5.91 Å². The normalized spacial score (nSPS) is 18.3. The number of nitrogens with one attached hydrogen (secondary N) is 1. The molecular weight excluding hydrogens is 419 g/mol. The van der Waals surface area contributed by atoms with Crippen molar-refractivity contribution in [2.75, 3.05) is 13.1 Å². The molecule has 5 rings (SSSR count). The quantitative estimate of drug-likeness (QED) is 0.653. The maximum atomic E-state index is 14.0. The van der Waals surface area contributed by atoms with Gasteiger partial charge >= 0.3 is 0 Å². The highest BCUT2D eigenvalue weighted by atomic mass is 19.1. The van der Waals surface area contributed by atoms with Crippen LogP contribution >= 0.6 is 0 Å². The van der Waals surface area contributed by atoms with Gasteiger partial charge in [-0.2, -0.15) is 0 Å². The zero-order chi connectivity index (χ0) is 22.8. The van der Waals surface area contributed by atoms with Gasteiger partial charge in [0, 0.05) is 38.2 Å². The minimum absolute atomic E-state index is 0.0557. The lowest BCUT2D eigenvalue weighted by molar-refractivity contribution is -0.131. The van der Waals surface area contributed by atoms with Crippen LogP contribution in [0.15, 0.2) is 59.4 Å². The van der Waals surface area contributed by atoms with E-state index in [2.05, 4.69) is 9.88 Å². The van der Waals surface area contributed by atoms with Crippen molar-refractivity contribution in [3.63, 3.8) is 0 Å². The third-order valence-corrected chi connectivity index (χ3v) is 6.60. The lowest BCUT2D eigenvalue weighted by Crippen LogP contribution is -2.38. The molecule has 0 aliphatic carbocycles. The number of halogens is 1. The van der Waals surface area contributed by atoms with Gasteiger partial charge < -0.3 is 9.88 Å². The van der Waals surface area contributed by atoms with E-state index in [0.717, 1.165) is 24.1 Å². The molecule has 2 aliphatic rings. The summed E-state index contributed by atoms with van der Waals surface area (Å²) in [7, 11) is 0. The minimum atomic E-state index is -0.229. The first-order valence-electron chi connectivity index (χ1n) is 11.5. The second-order valence-corrected chi connectivity index (χ2v) is 8.84. The number of hydrogen-bond acceptors (Lipinski definition) is 4. The zero-order valence-electron chi connectivity index (χ0n) is 18.5. The lowest BCUT2D eigenvalue weighted by Gasteiger charge is -2.29. The number of aromatic amines is 1. The topological polar surface area (TPSA) is 69.3 Å². The Morgan fingerprint density at radius 3 is 2.70 bits per heavy atom. The number of carbonyl (C=O) groups is 1. The molecule has 1 N–H and O–H groups in total. The standard InChI is InChI=1S/C26H27FN4O2/c27-21-10-5-4-9-19(21)16-30-14-12-22-20(17-30)26(33)29-25(28-22)23-11-6-13-31(23)24(32)15-18-7-2-1-3-8-18/h1-5,7-10,23H,6,11-17H2,(H,28,29,33). The summed E-state index contributed by atoms with van der Waals surface area (Å²) in [6, 6.07) is 16.2. The largest absolute Gasteiger partial charge is 0.332 e. The van der Waals surface area contributed by atoms with Crippen molar-refractivity contribution < 1.29 is 9.18 Å². The highest BCUT2D eigenvalue weighted by Crippen LogP contribution is 2.31. The maximum Gasteiger partial charge on any atom is 0.255 e.